The Morgan fingerprint density at radius 3 is 2.36 bits per heavy atom. The highest BCUT2D eigenvalue weighted by Gasteiger charge is 2.16. The molecule has 0 aliphatic heterocycles. The molecule has 5 heteroatoms. The van der Waals surface area contributed by atoms with Crippen molar-refractivity contribution in [1.82, 2.24) is 5.32 Å². The molecule has 0 saturated carbocycles. The van der Waals surface area contributed by atoms with Gasteiger partial charge in [0.2, 0.25) is 0 Å². The molecule has 150 valence electrons. The highest BCUT2D eigenvalue weighted by Crippen LogP contribution is 2.24. The fourth-order valence-electron chi connectivity index (χ4n) is 2.91. The zero-order valence-corrected chi connectivity index (χ0v) is 18.4. The number of anilines is 1. The maximum atomic E-state index is 12.1. The molecule has 0 radical (unpaired) electrons. The largest absolute Gasteiger partial charge is 0.462 e. The van der Waals surface area contributed by atoms with Gasteiger partial charge in [0.05, 0.1) is 18.2 Å². The second-order valence-electron chi connectivity index (χ2n) is 7.89. The zero-order chi connectivity index (χ0) is 20.9. The molecule has 2 aromatic carbocycles. The molecule has 0 heterocycles. The first kappa shape index (κ1) is 21.9. The maximum absolute atomic E-state index is 12.1. The number of nitrogens with one attached hydrogen (secondary N) is 2. The molecule has 0 aromatic heterocycles. The first-order chi connectivity index (χ1) is 13.1. The van der Waals surface area contributed by atoms with Crippen LogP contribution in [-0.4, -0.2) is 17.7 Å². The molecule has 28 heavy (non-hydrogen) atoms. The maximum Gasteiger partial charge on any atom is 0.338 e. The smallest absolute Gasteiger partial charge is 0.338 e. The van der Waals surface area contributed by atoms with Gasteiger partial charge in [0.1, 0.15) is 0 Å². The molecule has 0 bridgehead atoms. The van der Waals surface area contributed by atoms with E-state index in [2.05, 4.69) is 62.6 Å². The Morgan fingerprint density at radius 2 is 1.79 bits per heavy atom. The normalized spacial score (nSPS) is 12.2. The van der Waals surface area contributed by atoms with Crippen LogP contribution >= 0.6 is 12.2 Å². The summed E-state index contributed by atoms with van der Waals surface area (Å²) >= 11 is 5.48. The number of thiocarbonyl (C=S) groups is 1. The molecule has 2 aromatic rings. The monoisotopic (exact) mass is 398 g/mol. The molecule has 0 saturated heterocycles. The summed E-state index contributed by atoms with van der Waals surface area (Å²) in [5.74, 6) is -0.324. The molecule has 0 spiro atoms. The second-order valence-corrected chi connectivity index (χ2v) is 8.30. The SMILES string of the molecule is CCOC(=O)c1cccc(NC(=S)N[C@@H](C)c2ccc(C(C)(C)C)cc2)c1C. The van der Waals surface area contributed by atoms with Crippen LogP contribution in [0.2, 0.25) is 0 Å². The summed E-state index contributed by atoms with van der Waals surface area (Å²) in [6.45, 7) is 12.7. The number of esters is 1. The van der Waals surface area contributed by atoms with Gasteiger partial charge in [-0.3, -0.25) is 0 Å². The van der Waals surface area contributed by atoms with E-state index in [0.717, 1.165) is 16.8 Å². The van der Waals surface area contributed by atoms with Crippen LogP contribution in [0.25, 0.3) is 0 Å². The van der Waals surface area contributed by atoms with E-state index in [1.54, 1.807) is 13.0 Å². The van der Waals surface area contributed by atoms with Crippen molar-refractivity contribution in [3.63, 3.8) is 0 Å². The minimum Gasteiger partial charge on any atom is -0.462 e. The first-order valence-electron chi connectivity index (χ1n) is 9.58. The summed E-state index contributed by atoms with van der Waals surface area (Å²) in [5.41, 5.74) is 4.74. The van der Waals surface area contributed by atoms with Crippen LogP contribution in [0, 0.1) is 6.92 Å². The second kappa shape index (κ2) is 9.20. The molecule has 0 aliphatic rings. The molecular weight excluding hydrogens is 368 g/mol. The van der Waals surface area contributed by atoms with E-state index in [9.17, 15) is 4.79 Å². The predicted molar refractivity (Wildman–Crippen MR) is 120 cm³/mol. The van der Waals surface area contributed by atoms with Gasteiger partial charge >= 0.3 is 5.97 Å². The lowest BCUT2D eigenvalue weighted by Crippen LogP contribution is -2.31. The van der Waals surface area contributed by atoms with Gasteiger partial charge in [-0.2, -0.15) is 0 Å². The Kier molecular flexibility index (Phi) is 7.19. The zero-order valence-electron chi connectivity index (χ0n) is 17.6. The Morgan fingerprint density at radius 1 is 1.14 bits per heavy atom. The van der Waals surface area contributed by atoms with Gasteiger partial charge in [-0.15, -0.1) is 0 Å². The molecule has 4 nitrogen and oxygen atoms in total. The van der Waals surface area contributed by atoms with Gasteiger partial charge in [-0.1, -0.05) is 51.1 Å². The Hall–Kier alpha value is -2.40. The van der Waals surface area contributed by atoms with Gasteiger partial charge in [-0.25, -0.2) is 4.79 Å². The number of ether oxygens (including phenoxy) is 1. The molecule has 2 N–H and O–H groups in total. The average molecular weight is 399 g/mol. The lowest BCUT2D eigenvalue weighted by atomic mass is 9.86. The Balaban J connectivity index is 2.06. The number of hydrogen-bond acceptors (Lipinski definition) is 3. The van der Waals surface area contributed by atoms with Crippen LogP contribution in [0.15, 0.2) is 42.5 Å². The summed E-state index contributed by atoms with van der Waals surface area (Å²) in [6, 6.07) is 14.1. The number of hydrogen-bond donors (Lipinski definition) is 2. The summed E-state index contributed by atoms with van der Waals surface area (Å²) in [4.78, 5) is 12.1. The third-order valence-corrected chi connectivity index (χ3v) is 4.92. The molecule has 1 atom stereocenters. The molecule has 0 unspecified atom stereocenters. The van der Waals surface area contributed by atoms with Crippen molar-refractivity contribution in [1.29, 1.82) is 0 Å². The van der Waals surface area contributed by atoms with Crippen LogP contribution in [0.1, 0.15) is 67.7 Å². The van der Waals surface area contributed by atoms with Crippen molar-refractivity contribution in [3.8, 4) is 0 Å². The number of rotatable bonds is 5. The summed E-state index contributed by atoms with van der Waals surface area (Å²) in [7, 11) is 0. The van der Waals surface area contributed by atoms with Crippen molar-refractivity contribution < 1.29 is 9.53 Å². The number of carbonyl (C=O) groups excluding carboxylic acids is 1. The Bertz CT molecular complexity index is 839. The van der Waals surface area contributed by atoms with Crippen molar-refractivity contribution in [2.24, 2.45) is 0 Å². The van der Waals surface area contributed by atoms with Crippen LogP contribution in [0.5, 0.6) is 0 Å². The summed E-state index contributed by atoms with van der Waals surface area (Å²) in [6.07, 6.45) is 0. The van der Waals surface area contributed by atoms with E-state index < -0.39 is 0 Å². The van der Waals surface area contributed by atoms with Gasteiger partial charge in [0.25, 0.3) is 0 Å². The third-order valence-electron chi connectivity index (χ3n) is 4.70. The number of benzene rings is 2. The topological polar surface area (TPSA) is 50.4 Å². The van der Waals surface area contributed by atoms with Crippen LogP contribution in [-0.2, 0) is 10.2 Å². The van der Waals surface area contributed by atoms with E-state index in [-0.39, 0.29) is 17.4 Å². The minimum atomic E-state index is -0.324. The summed E-state index contributed by atoms with van der Waals surface area (Å²) in [5, 5.41) is 7.02. The van der Waals surface area contributed by atoms with E-state index >= 15 is 0 Å². The number of carbonyl (C=O) groups is 1. The highest BCUT2D eigenvalue weighted by atomic mass is 32.1. The van der Waals surface area contributed by atoms with Gasteiger partial charge in [-0.05, 0) is 67.2 Å². The van der Waals surface area contributed by atoms with Crippen molar-refractivity contribution in [2.45, 2.75) is 53.0 Å². The van der Waals surface area contributed by atoms with Gasteiger partial charge in [0, 0.05) is 5.69 Å². The van der Waals surface area contributed by atoms with Crippen molar-refractivity contribution in [2.75, 3.05) is 11.9 Å². The fourth-order valence-corrected chi connectivity index (χ4v) is 3.20. The predicted octanol–water partition coefficient (Wildman–Crippen LogP) is 5.52. The molecular formula is C23H30N2O2S. The summed E-state index contributed by atoms with van der Waals surface area (Å²) < 4.78 is 5.11. The van der Waals surface area contributed by atoms with E-state index in [1.807, 2.05) is 19.1 Å². The quantitative estimate of drug-likeness (QED) is 0.513. The van der Waals surface area contributed by atoms with E-state index in [4.69, 9.17) is 17.0 Å². The lowest BCUT2D eigenvalue weighted by molar-refractivity contribution is 0.0525. The lowest BCUT2D eigenvalue weighted by Gasteiger charge is -2.22. The van der Waals surface area contributed by atoms with Crippen LogP contribution < -0.4 is 10.6 Å². The Labute approximate surface area is 173 Å². The highest BCUT2D eigenvalue weighted by molar-refractivity contribution is 7.80. The molecule has 0 amide bonds. The molecule has 0 fully saturated rings. The van der Waals surface area contributed by atoms with Gasteiger partial charge < -0.3 is 15.4 Å². The fraction of sp³-hybridized carbons (Fsp3) is 0.391. The van der Waals surface area contributed by atoms with Crippen LogP contribution in [0.4, 0.5) is 5.69 Å². The first-order valence-corrected chi connectivity index (χ1v) is 9.99. The van der Waals surface area contributed by atoms with Gasteiger partial charge in [0.15, 0.2) is 5.11 Å². The van der Waals surface area contributed by atoms with Crippen LogP contribution in [0.3, 0.4) is 0 Å². The third kappa shape index (κ3) is 5.55. The average Bonchev–Trinajstić information content (AvgIpc) is 2.63. The van der Waals surface area contributed by atoms with Crippen molar-refractivity contribution >= 4 is 29.0 Å². The standard InChI is InChI=1S/C23H30N2O2S/c1-7-27-21(26)19-9-8-10-20(15(19)2)25-22(28)24-16(3)17-11-13-18(14-12-17)23(4,5)6/h8-14,16H,7H2,1-6H3,(H2,24,25,28)/t16-/m0/s1. The van der Waals surface area contributed by atoms with E-state index in [0.29, 0.717) is 17.3 Å². The van der Waals surface area contributed by atoms with Crippen molar-refractivity contribution in [3.05, 3.63) is 64.7 Å². The van der Waals surface area contributed by atoms with E-state index in [1.165, 1.54) is 5.56 Å². The minimum absolute atomic E-state index is 0.0579. The molecule has 0 aliphatic carbocycles. The molecule has 2 rings (SSSR count).